The van der Waals surface area contributed by atoms with Crippen LogP contribution in [0.15, 0.2) is 12.4 Å². The Bertz CT molecular complexity index is 474. The Hall–Kier alpha value is -1.40. The Morgan fingerprint density at radius 3 is 2.65 bits per heavy atom. The average Bonchev–Trinajstić information content (AvgIpc) is 2.61. The number of morpholine rings is 1. The molecule has 1 aromatic heterocycles. The van der Waals surface area contributed by atoms with Gasteiger partial charge in [0, 0.05) is 26.2 Å². The van der Waals surface area contributed by atoms with Crippen molar-refractivity contribution < 1.29 is 9.47 Å². The Balaban J connectivity index is 1.48. The van der Waals surface area contributed by atoms with Crippen molar-refractivity contribution in [2.45, 2.75) is 32.8 Å². The van der Waals surface area contributed by atoms with E-state index in [0.717, 1.165) is 56.9 Å². The van der Waals surface area contributed by atoms with Crippen molar-refractivity contribution in [3.8, 4) is 5.75 Å². The number of anilines is 1. The summed E-state index contributed by atoms with van der Waals surface area (Å²) in [6.45, 7) is 10.9. The highest BCUT2D eigenvalue weighted by Gasteiger charge is 2.20. The third-order valence-corrected chi connectivity index (χ3v) is 4.79. The first-order chi connectivity index (χ1) is 11.2. The van der Waals surface area contributed by atoms with Crippen molar-refractivity contribution in [2.24, 2.45) is 5.92 Å². The van der Waals surface area contributed by atoms with Crippen LogP contribution >= 0.6 is 0 Å². The minimum atomic E-state index is 0.131. The summed E-state index contributed by atoms with van der Waals surface area (Å²) in [4.78, 5) is 13.6. The second kappa shape index (κ2) is 7.93. The van der Waals surface area contributed by atoms with E-state index in [1.54, 1.807) is 12.4 Å². The predicted octanol–water partition coefficient (Wildman–Crippen LogP) is 1.81. The van der Waals surface area contributed by atoms with Gasteiger partial charge in [0.2, 0.25) is 5.95 Å². The monoisotopic (exact) mass is 320 g/mol. The zero-order valence-electron chi connectivity index (χ0n) is 14.3. The number of rotatable bonds is 5. The van der Waals surface area contributed by atoms with Gasteiger partial charge in [0.1, 0.15) is 12.7 Å². The van der Waals surface area contributed by atoms with Crippen LogP contribution in [0.25, 0.3) is 0 Å². The van der Waals surface area contributed by atoms with E-state index in [0.29, 0.717) is 6.61 Å². The minimum absolute atomic E-state index is 0.131. The van der Waals surface area contributed by atoms with Crippen LogP contribution in [0.4, 0.5) is 5.95 Å². The lowest BCUT2D eigenvalue weighted by Gasteiger charge is -2.32. The van der Waals surface area contributed by atoms with E-state index in [1.165, 1.54) is 12.8 Å². The summed E-state index contributed by atoms with van der Waals surface area (Å²) in [5.74, 6) is 2.35. The van der Waals surface area contributed by atoms with Crippen molar-refractivity contribution in [1.29, 1.82) is 0 Å². The maximum absolute atomic E-state index is 5.80. The largest absolute Gasteiger partial charge is 0.488 e. The maximum Gasteiger partial charge on any atom is 0.225 e. The molecule has 23 heavy (non-hydrogen) atoms. The highest BCUT2D eigenvalue weighted by molar-refractivity contribution is 5.31. The van der Waals surface area contributed by atoms with Gasteiger partial charge in [-0.25, -0.2) is 9.97 Å². The second-order valence-corrected chi connectivity index (χ2v) is 6.59. The van der Waals surface area contributed by atoms with Crippen LogP contribution in [0.2, 0.25) is 0 Å². The van der Waals surface area contributed by atoms with Gasteiger partial charge in [-0.05, 0) is 25.3 Å². The molecule has 0 aromatic carbocycles. The standard InChI is InChI=1S/C17H28N4O2/c1-3-20-8-9-22-16(12-20)13-23-15-10-18-17(19-11-15)21-6-4-14(2)5-7-21/h10-11,14,16H,3-9,12-13H2,1-2H3/t16-/m1/s1. The third-order valence-electron chi connectivity index (χ3n) is 4.79. The highest BCUT2D eigenvalue weighted by atomic mass is 16.5. The zero-order chi connectivity index (χ0) is 16.1. The fraction of sp³-hybridized carbons (Fsp3) is 0.765. The Kier molecular flexibility index (Phi) is 5.67. The molecule has 2 saturated heterocycles. The molecular weight excluding hydrogens is 292 g/mol. The Labute approximate surface area is 138 Å². The van der Waals surface area contributed by atoms with E-state index < -0.39 is 0 Å². The molecule has 6 nitrogen and oxygen atoms in total. The minimum Gasteiger partial charge on any atom is -0.488 e. The molecule has 3 heterocycles. The summed E-state index contributed by atoms with van der Waals surface area (Å²) in [6, 6.07) is 0. The van der Waals surface area contributed by atoms with Crippen LogP contribution in [0, 0.1) is 5.92 Å². The smallest absolute Gasteiger partial charge is 0.225 e. The Morgan fingerprint density at radius 2 is 1.96 bits per heavy atom. The zero-order valence-corrected chi connectivity index (χ0v) is 14.3. The molecule has 2 aliphatic rings. The predicted molar refractivity (Wildman–Crippen MR) is 90.0 cm³/mol. The van der Waals surface area contributed by atoms with Crippen molar-refractivity contribution >= 4 is 5.95 Å². The summed E-state index contributed by atoms with van der Waals surface area (Å²) < 4.78 is 11.5. The van der Waals surface area contributed by atoms with Gasteiger partial charge in [-0.15, -0.1) is 0 Å². The van der Waals surface area contributed by atoms with Crippen LogP contribution in [0.1, 0.15) is 26.7 Å². The number of nitrogens with zero attached hydrogens (tertiary/aromatic N) is 4. The molecule has 0 saturated carbocycles. The number of hydrogen-bond acceptors (Lipinski definition) is 6. The van der Waals surface area contributed by atoms with E-state index in [4.69, 9.17) is 9.47 Å². The van der Waals surface area contributed by atoms with Gasteiger partial charge in [0.25, 0.3) is 0 Å². The highest BCUT2D eigenvalue weighted by Crippen LogP contribution is 2.20. The molecule has 2 fully saturated rings. The number of aromatic nitrogens is 2. The van der Waals surface area contributed by atoms with Gasteiger partial charge in [0.15, 0.2) is 5.75 Å². The number of hydrogen-bond donors (Lipinski definition) is 0. The molecule has 6 heteroatoms. The van der Waals surface area contributed by atoms with Gasteiger partial charge in [-0.2, -0.15) is 0 Å². The number of piperidine rings is 1. The summed E-state index contributed by atoms with van der Waals surface area (Å²) >= 11 is 0. The van der Waals surface area contributed by atoms with E-state index >= 15 is 0 Å². The molecule has 0 radical (unpaired) electrons. The summed E-state index contributed by atoms with van der Waals surface area (Å²) in [5.41, 5.74) is 0. The molecule has 0 amide bonds. The first kappa shape index (κ1) is 16.5. The molecule has 128 valence electrons. The van der Waals surface area contributed by atoms with E-state index in [2.05, 4.69) is 33.6 Å². The maximum atomic E-state index is 5.80. The van der Waals surface area contributed by atoms with Gasteiger partial charge >= 0.3 is 0 Å². The lowest BCUT2D eigenvalue weighted by atomic mass is 10.00. The van der Waals surface area contributed by atoms with E-state index in [9.17, 15) is 0 Å². The molecule has 1 aromatic rings. The van der Waals surface area contributed by atoms with E-state index in [1.807, 2.05) is 0 Å². The quantitative estimate of drug-likeness (QED) is 0.825. The summed E-state index contributed by atoms with van der Waals surface area (Å²) in [6.07, 6.45) is 6.12. The topological polar surface area (TPSA) is 50.7 Å². The van der Waals surface area contributed by atoms with Crippen molar-refractivity contribution in [3.63, 3.8) is 0 Å². The number of ether oxygens (including phenoxy) is 2. The fourth-order valence-corrected chi connectivity index (χ4v) is 3.11. The normalized spacial score (nSPS) is 23.9. The average molecular weight is 320 g/mol. The van der Waals surface area contributed by atoms with Crippen LogP contribution in [-0.2, 0) is 4.74 Å². The summed E-state index contributed by atoms with van der Waals surface area (Å²) in [5, 5.41) is 0. The molecular formula is C17H28N4O2. The SMILES string of the molecule is CCN1CCO[C@@H](COc2cnc(N3CCC(C)CC3)nc2)C1. The molecule has 0 aliphatic carbocycles. The van der Waals surface area contributed by atoms with Gasteiger partial charge in [-0.3, -0.25) is 4.90 Å². The molecule has 0 unspecified atom stereocenters. The molecule has 2 aliphatic heterocycles. The molecule has 0 N–H and O–H groups in total. The molecule has 1 atom stereocenters. The van der Waals surface area contributed by atoms with Crippen molar-refractivity contribution in [3.05, 3.63) is 12.4 Å². The molecule has 0 bridgehead atoms. The van der Waals surface area contributed by atoms with Crippen molar-refractivity contribution in [1.82, 2.24) is 14.9 Å². The lowest BCUT2D eigenvalue weighted by molar-refractivity contribution is -0.0464. The van der Waals surface area contributed by atoms with Gasteiger partial charge < -0.3 is 14.4 Å². The van der Waals surface area contributed by atoms with Crippen LogP contribution in [0.3, 0.4) is 0 Å². The van der Waals surface area contributed by atoms with Crippen LogP contribution in [0.5, 0.6) is 5.75 Å². The number of likely N-dealkylation sites (N-methyl/N-ethyl adjacent to an activating group) is 1. The van der Waals surface area contributed by atoms with Crippen LogP contribution < -0.4 is 9.64 Å². The fourth-order valence-electron chi connectivity index (χ4n) is 3.11. The first-order valence-electron chi connectivity index (χ1n) is 8.78. The van der Waals surface area contributed by atoms with Crippen LogP contribution in [-0.4, -0.2) is 66.9 Å². The second-order valence-electron chi connectivity index (χ2n) is 6.59. The third kappa shape index (κ3) is 4.54. The Morgan fingerprint density at radius 1 is 1.22 bits per heavy atom. The molecule has 3 rings (SSSR count). The van der Waals surface area contributed by atoms with Gasteiger partial charge in [0.05, 0.1) is 19.0 Å². The molecule has 0 spiro atoms. The van der Waals surface area contributed by atoms with Gasteiger partial charge in [-0.1, -0.05) is 13.8 Å². The first-order valence-corrected chi connectivity index (χ1v) is 8.78. The lowest BCUT2D eigenvalue weighted by Crippen LogP contribution is -2.44. The summed E-state index contributed by atoms with van der Waals surface area (Å²) in [7, 11) is 0. The van der Waals surface area contributed by atoms with E-state index in [-0.39, 0.29) is 6.10 Å². The van der Waals surface area contributed by atoms with Crippen molar-refractivity contribution in [2.75, 3.05) is 50.8 Å².